The van der Waals surface area contributed by atoms with E-state index >= 15 is 0 Å². The minimum atomic E-state index is -0.490. The van der Waals surface area contributed by atoms with E-state index in [1.807, 2.05) is 36.4 Å². The predicted molar refractivity (Wildman–Crippen MR) is 91.8 cm³/mol. The highest BCUT2D eigenvalue weighted by molar-refractivity contribution is 5.79. The normalized spacial score (nSPS) is 20.0. The van der Waals surface area contributed by atoms with Gasteiger partial charge in [0.15, 0.2) is 0 Å². The smallest absolute Gasteiger partial charge is 0.254 e. The molecule has 4 rings (SSSR count). The molecule has 1 fully saturated rings. The first-order valence-corrected chi connectivity index (χ1v) is 8.15. The van der Waals surface area contributed by atoms with Crippen molar-refractivity contribution in [2.45, 2.75) is 25.0 Å². The van der Waals surface area contributed by atoms with Crippen molar-refractivity contribution in [3.8, 4) is 11.3 Å². The highest BCUT2D eigenvalue weighted by atomic mass is 16.5. The predicted octanol–water partition coefficient (Wildman–Crippen LogP) is 1.24. The van der Waals surface area contributed by atoms with Crippen LogP contribution in [0, 0.1) is 0 Å². The highest BCUT2D eigenvalue weighted by Crippen LogP contribution is 2.23. The quantitative estimate of drug-likeness (QED) is 0.725. The van der Waals surface area contributed by atoms with Crippen LogP contribution in [0.5, 0.6) is 0 Å². The second-order valence-electron chi connectivity index (χ2n) is 5.97. The molecule has 0 saturated carbocycles. The fraction of sp³-hybridized carbons (Fsp3) is 0.294. The van der Waals surface area contributed by atoms with E-state index in [1.54, 1.807) is 4.52 Å². The van der Waals surface area contributed by atoms with Gasteiger partial charge in [0.05, 0.1) is 11.8 Å². The second-order valence-corrected chi connectivity index (χ2v) is 5.97. The molecule has 1 amide bonds. The Morgan fingerprint density at radius 3 is 2.92 bits per heavy atom. The first-order chi connectivity index (χ1) is 12.2. The average Bonchev–Trinajstić information content (AvgIpc) is 3.29. The Balaban J connectivity index is 1.57. The number of carbonyl (C=O) groups excluding carboxylic acids is 1. The van der Waals surface area contributed by atoms with Crippen molar-refractivity contribution in [2.24, 2.45) is 5.73 Å². The van der Waals surface area contributed by atoms with Gasteiger partial charge in [-0.25, -0.2) is 4.98 Å². The van der Waals surface area contributed by atoms with Gasteiger partial charge in [-0.15, -0.1) is 0 Å². The van der Waals surface area contributed by atoms with Crippen LogP contribution in [0.2, 0.25) is 0 Å². The molecule has 2 aromatic heterocycles. The van der Waals surface area contributed by atoms with Gasteiger partial charge in [-0.2, -0.15) is 14.6 Å². The van der Waals surface area contributed by atoms with Crippen molar-refractivity contribution >= 4 is 17.5 Å². The molecule has 2 atom stereocenters. The Bertz CT molecular complexity index is 895. The lowest BCUT2D eigenvalue weighted by Gasteiger charge is -2.14. The first kappa shape index (κ1) is 15.5. The number of aromatic nitrogens is 4. The molecule has 0 aliphatic carbocycles. The number of primary amides is 1. The summed E-state index contributed by atoms with van der Waals surface area (Å²) >= 11 is 0. The highest BCUT2D eigenvalue weighted by Gasteiger charge is 2.29. The van der Waals surface area contributed by atoms with E-state index in [2.05, 4.69) is 20.4 Å². The average molecular weight is 338 g/mol. The van der Waals surface area contributed by atoms with E-state index in [-0.39, 0.29) is 6.10 Å². The number of hydrogen-bond acceptors (Lipinski definition) is 6. The molecule has 1 saturated heterocycles. The molecule has 8 nitrogen and oxygen atoms in total. The van der Waals surface area contributed by atoms with Crippen LogP contribution in [0.15, 0.2) is 42.7 Å². The molecular formula is C17H18N6O2. The molecule has 0 spiro atoms. The van der Waals surface area contributed by atoms with Crippen LogP contribution < -0.4 is 11.1 Å². The lowest BCUT2D eigenvalue weighted by atomic mass is 10.1. The van der Waals surface area contributed by atoms with Crippen LogP contribution in [0.1, 0.15) is 12.8 Å². The molecule has 1 aromatic carbocycles. The van der Waals surface area contributed by atoms with E-state index < -0.39 is 12.0 Å². The summed E-state index contributed by atoms with van der Waals surface area (Å²) in [6.07, 6.45) is 2.36. The van der Waals surface area contributed by atoms with Gasteiger partial charge < -0.3 is 15.8 Å². The van der Waals surface area contributed by atoms with Gasteiger partial charge in [0, 0.05) is 18.2 Å². The van der Waals surface area contributed by atoms with Gasteiger partial charge in [0.2, 0.25) is 5.91 Å². The van der Waals surface area contributed by atoms with E-state index in [9.17, 15) is 4.79 Å². The third kappa shape index (κ3) is 3.16. The van der Waals surface area contributed by atoms with Crippen molar-refractivity contribution in [3.63, 3.8) is 0 Å². The second kappa shape index (κ2) is 6.48. The number of benzene rings is 1. The summed E-state index contributed by atoms with van der Waals surface area (Å²) in [5.74, 6) is 0.884. The largest absolute Gasteiger partial charge is 0.367 e. The Morgan fingerprint density at radius 1 is 1.32 bits per heavy atom. The van der Waals surface area contributed by atoms with Gasteiger partial charge in [-0.05, 0) is 12.8 Å². The maximum atomic E-state index is 11.2. The summed E-state index contributed by atoms with van der Waals surface area (Å²) < 4.78 is 7.30. The number of fused-ring (bicyclic) bond motifs is 1. The summed E-state index contributed by atoms with van der Waals surface area (Å²) in [5.41, 5.74) is 7.11. The van der Waals surface area contributed by atoms with Gasteiger partial charge >= 0.3 is 0 Å². The van der Waals surface area contributed by atoms with E-state index in [4.69, 9.17) is 10.5 Å². The number of nitrogens with one attached hydrogen (secondary N) is 1. The van der Waals surface area contributed by atoms with Gasteiger partial charge in [0.25, 0.3) is 5.78 Å². The van der Waals surface area contributed by atoms with E-state index in [0.717, 1.165) is 23.5 Å². The molecule has 0 radical (unpaired) electrons. The molecule has 25 heavy (non-hydrogen) atoms. The lowest BCUT2D eigenvalue weighted by Crippen LogP contribution is -2.30. The Kier molecular flexibility index (Phi) is 4.02. The number of ether oxygens (including phenoxy) is 1. The van der Waals surface area contributed by atoms with Crippen LogP contribution in [0.4, 0.5) is 5.82 Å². The molecule has 2 unspecified atom stereocenters. The number of rotatable bonds is 5. The topological polar surface area (TPSA) is 107 Å². The molecule has 128 valence electrons. The maximum absolute atomic E-state index is 11.2. The van der Waals surface area contributed by atoms with Crippen LogP contribution in [-0.4, -0.2) is 44.2 Å². The first-order valence-electron chi connectivity index (χ1n) is 8.15. The number of amides is 1. The van der Waals surface area contributed by atoms with Crippen LogP contribution in [-0.2, 0) is 9.53 Å². The number of nitrogens with two attached hydrogens (primary N) is 1. The summed E-state index contributed by atoms with van der Waals surface area (Å²) in [6, 6.07) is 11.8. The van der Waals surface area contributed by atoms with E-state index in [0.29, 0.717) is 18.7 Å². The lowest BCUT2D eigenvalue weighted by molar-refractivity contribution is -0.128. The molecule has 3 N–H and O–H groups in total. The molecule has 8 heteroatoms. The number of anilines is 1. The third-order valence-corrected chi connectivity index (χ3v) is 4.26. The van der Waals surface area contributed by atoms with Crippen molar-refractivity contribution in [2.75, 3.05) is 11.9 Å². The zero-order valence-electron chi connectivity index (χ0n) is 13.5. The number of carbonyl (C=O) groups is 1. The van der Waals surface area contributed by atoms with Crippen molar-refractivity contribution in [1.82, 2.24) is 19.6 Å². The minimum absolute atomic E-state index is 0.0654. The Labute approximate surface area is 144 Å². The number of nitrogens with zero attached hydrogens (tertiary/aromatic N) is 4. The Hall–Kier alpha value is -3.00. The summed E-state index contributed by atoms with van der Waals surface area (Å²) in [7, 11) is 0. The fourth-order valence-electron chi connectivity index (χ4n) is 2.98. The monoisotopic (exact) mass is 338 g/mol. The van der Waals surface area contributed by atoms with Crippen LogP contribution in [0.3, 0.4) is 0 Å². The zero-order valence-corrected chi connectivity index (χ0v) is 13.5. The maximum Gasteiger partial charge on any atom is 0.254 e. The molecular weight excluding hydrogens is 320 g/mol. The molecule has 1 aliphatic heterocycles. The van der Waals surface area contributed by atoms with Crippen LogP contribution >= 0.6 is 0 Å². The Morgan fingerprint density at radius 2 is 2.16 bits per heavy atom. The van der Waals surface area contributed by atoms with E-state index in [1.165, 1.54) is 6.33 Å². The SMILES string of the molecule is NC(=O)C1CCC(CNc2cc(-c3ccccc3)nc3ncnn23)O1. The van der Waals surface area contributed by atoms with Crippen molar-refractivity contribution in [3.05, 3.63) is 42.7 Å². The van der Waals surface area contributed by atoms with Gasteiger partial charge in [-0.1, -0.05) is 30.3 Å². The molecule has 3 aromatic rings. The third-order valence-electron chi connectivity index (χ3n) is 4.26. The molecule has 3 heterocycles. The molecule has 1 aliphatic rings. The van der Waals surface area contributed by atoms with Gasteiger partial charge in [0.1, 0.15) is 18.2 Å². The van der Waals surface area contributed by atoms with Crippen molar-refractivity contribution in [1.29, 1.82) is 0 Å². The summed E-state index contributed by atoms with van der Waals surface area (Å²) in [4.78, 5) is 19.9. The zero-order chi connectivity index (χ0) is 17.2. The van der Waals surface area contributed by atoms with Gasteiger partial charge in [-0.3, -0.25) is 4.79 Å². The minimum Gasteiger partial charge on any atom is -0.367 e. The van der Waals surface area contributed by atoms with Crippen molar-refractivity contribution < 1.29 is 9.53 Å². The summed E-state index contributed by atoms with van der Waals surface area (Å²) in [6.45, 7) is 0.553. The summed E-state index contributed by atoms with van der Waals surface area (Å²) in [5, 5.41) is 7.54. The van der Waals surface area contributed by atoms with Crippen LogP contribution in [0.25, 0.3) is 17.0 Å². The number of hydrogen-bond donors (Lipinski definition) is 2. The standard InChI is InChI=1S/C17H18N6O2/c18-16(24)14-7-6-12(25-14)9-19-15-8-13(11-4-2-1-3-5-11)22-17-20-10-21-23(15)17/h1-5,8,10,12,14,19H,6-7,9H2,(H2,18,24). The molecule has 0 bridgehead atoms. The fourth-order valence-corrected chi connectivity index (χ4v) is 2.98.